The van der Waals surface area contributed by atoms with Gasteiger partial charge in [-0.25, -0.2) is 0 Å². The maximum Gasteiger partial charge on any atom is 0.0427 e. The maximum absolute atomic E-state index is 3.83. The summed E-state index contributed by atoms with van der Waals surface area (Å²) in [5, 5.41) is 0. The van der Waals surface area contributed by atoms with Gasteiger partial charge in [0.25, 0.3) is 0 Å². The molecule has 66 valence electrons. The van der Waals surface area contributed by atoms with E-state index in [2.05, 4.69) is 25.0 Å². The number of rotatable bonds is 4. The lowest BCUT2D eigenvalue weighted by Crippen LogP contribution is -2.12. The van der Waals surface area contributed by atoms with Crippen molar-refractivity contribution in [2.45, 2.75) is 19.8 Å². The quantitative estimate of drug-likeness (QED) is 0.616. The van der Waals surface area contributed by atoms with E-state index in [1.165, 1.54) is 24.0 Å². The average Bonchev–Trinajstić information content (AvgIpc) is 2.48. The Balaban J connectivity index is 2.65. The fourth-order valence-corrected chi connectivity index (χ4v) is 1.61. The standard InChI is InChI=1S/C11H17N/c1-4-7-11-9-12(6-3)8-10(11)5-2/h5-6H,2-4,7-9H2,1H3. The monoisotopic (exact) mass is 163 g/mol. The van der Waals surface area contributed by atoms with E-state index in [-0.39, 0.29) is 0 Å². The van der Waals surface area contributed by atoms with Crippen LogP contribution in [0, 0.1) is 0 Å². The average molecular weight is 163 g/mol. The maximum atomic E-state index is 3.83. The lowest BCUT2D eigenvalue weighted by atomic mass is 10.1. The first-order valence-electron chi connectivity index (χ1n) is 4.51. The molecule has 0 aliphatic carbocycles. The molecule has 1 rings (SSSR count). The summed E-state index contributed by atoms with van der Waals surface area (Å²) in [5.74, 6) is 0. The molecule has 0 radical (unpaired) electrons. The number of hydrogen-bond donors (Lipinski definition) is 0. The van der Waals surface area contributed by atoms with Gasteiger partial charge in [-0.3, -0.25) is 0 Å². The third-order valence-electron chi connectivity index (χ3n) is 2.28. The Morgan fingerprint density at radius 3 is 2.67 bits per heavy atom. The van der Waals surface area contributed by atoms with Crippen LogP contribution in [0.25, 0.3) is 0 Å². The molecule has 1 nitrogen and oxygen atoms in total. The first kappa shape index (κ1) is 9.11. The van der Waals surface area contributed by atoms with Crippen molar-refractivity contribution >= 4 is 0 Å². The summed E-state index contributed by atoms with van der Waals surface area (Å²) >= 11 is 0. The molecule has 0 unspecified atom stereocenters. The highest BCUT2D eigenvalue weighted by Gasteiger charge is 2.15. The van der Waals surface area contributed by atoms with Crippen LogP contribution in [0.4, 0.5) is 0 Å². The zero-order chi connectivity index (χ0) is 8.97. The van der Waals surface area contributed by atoms with Crippen LogP contribution in [0.3, 0.4) is 0 Å². The van der Waals surface area contributed by atoms with Crippen LogP contribution in [-0.4, -0.2) is 18.0 Å². The zero-order valence-corrected chi connectivity index (χ0v) is 7.84. The Hall–Kier alpha value is -0.980. The van der Waals surface area contributed by atoms with Crippen molar-refractivity contribution in [3.05, 3.63) is 36.6 Å². The summed E-state index contributed by atoms with van der Waals surface area (Å²) in [7, 11) is 0. The summed E-state index contributed by atoms with van der Waals surface area (Å²) in [6.45, 7) is 11.9. The Kier molecular flexibility index (Phi) is 3.15. The fourth-order valence-electron chi connectivity index (χ4n) is 1.61. The van der Waals surface area contributed by atoms with E-state index in [1.54, 1.807) is 0 Å². The minimum atomic E-state index is 1.00. The molecule has 0 spiro atoms. The minimum absolute atomic E-state index is 1.00. The molecule has 0 aromatic rings. The number of nitrogens with zero attached hydrogens (tertiary/aromatic N) is 1. The van der Waals surface area contributed by atoms with E-state index in [9.17, 15) is 0 Å². The van der Waals surface area contributed by atoms with Crippen LogP contribution in [0.15, 0.2) is 36.6 Å². The lowest BCUT2D eigenvalue weighted by molar-refractivity contribution is 0.474. The van der Waals surface area contributed by atoms with Gasteiger partial charge in [-0.2, -0.15) is 0 Å². The molecule has 0 amide bonds. The Morgan fingerprint density at radius 1 is 1.42 bits per heavy atom. The molecule has 0 fully saturated rings. The highest BCUT2D eigenvalue weighted by molar-refractivity contribution is 5.31. The van der Waals surface area contributed by atoms with Gasteiger partial charge in [0, 0.05) is 13.1 Å². The predicted octanol–water partition coefficient (Wildman–Crippen LogP) is 2.73. The Labute approximate surface area is 75.1 Å². The largest absolute Gasteiger partial charge is 0.370 e. The second-order valence-electron chi connectivity index (χ2n) is 3.17. The van der Waals surface area contributed by atoms with Crippen molar-refractivity contribution in [3.8, 4) is 0 Å². The van der Waals surface area contributed by atoms with Gasteiger partial charge in [0.1, 0.15) is 0 Å². The fraction of sp³-hybridized carbons (Fsp3) is 0.455. The van der Waals surface area contributed by atoms with E-state index in [1.807, 2.05) is 12.3 Å². The minimum Gasteiger partial charge on any atom is -0.370 e. The Morgan fingerprint density at radius 2 is 2.17 bits per heavy atom. The molecule has 1 heteroatoms. The van der Waals surface area contributed by atoms with Crippen LogP contribution < -0.4 is 0 Å². The van der Waals surface area contributed by atoms with Crippen molar-refractivity contribution in [1.82, 2.24) is 4.90 Å². The molecule has 0 saturated heterocycles. The summed E-state index contributed by atoms with van der Waals surface area (Å²) in [6.07, 6.45) is 6.31. The summed E-state index contributed by atoms with van der Waals surface area (Å²) in [4.78, 5) is 2.22. The highest BCUT2D eigenvalue weighted by Crippen LogP contribution is 2.21. The first-order valence-corrected chi connectivity index (χ1v) is 4.51. The van der Waals surface area contributed by atoms with Crippen molar-refractivity contribution in [2.24, 2.45) is 0 Å². The molecule has 0 bridgehead atoms. The summed E-state index contributed by atoms with van der Waals surface area (Å²) in [5.41, 5.74) is 2.93. The van der Waals surface area contributed by atoms with Gasteiger partial charge in [0.2, 0.25) is 0 Å². The molecule has 0 aromatic heterocycles. The number of hydrogen-bond acceptors (Lipinski definition) is 1. The van der Waals surface area contributed by atoms with E-state index in [0.29, 0.717) is 0 Å². The second-order valence-corrected chi connectivity index (χ2v) is 3.17. The molecular weight excluding hydrogens is 146 g/mol. The Bertz CT molecular complexity index is 213. The van der Waals surface area contributed by atoms with Crippen molar-refractivity contribution in [2.75, 3.05) is 13.1 Å². The van der Waals surface area contributed by atoms with Gasteiger partial charge < -0.3 is 4.90 Å². The highest BCUT2D eigenvalue weighted by atomic mass is 15.1. The van der Waals surface area contributed by atoms with Crippen LogP contribution in [0.5, 0.6) is 0 Å². The SMILES string of the molecule is C=CC1=C(CCC)CN(C=C)C1. The van der Waals surface area contributed by atoms with Crippen molar-refractivity contribution < 1.29 is 0 Å². The van der Waals surface area contributed by atoms with E-state index < -0.39 is 0 Å². The molecule has 1 aliphatic heterocycles. The van der Waals surface area contributed by atoms with Gasteiger partial charge >= 0.3 is 0 Å². The van der Waals surface area contributed by atoms with Gasteiger partial charge in [0.05, 0.1) is 0 Å². The second kappa shape index (κ2) is 4.15. The lowest BCUT2D eigenvalue weighted by Gasteiger charge is -2.10. The molecule has 0 atom stereocenters. The van der Waals surface area contributed by atoms with E-state index in [4.69, 9.17) is 0 Å². The van der Waals surface area contributed by atoms with Gasteiger partial charge in [-0.1, -0.05) is 32.6 Å². The molecule has 0 N–H and O–H groups in total. The third-order valence-corrected chi connectivity index (χ3v) is 2.28. The van der Waals surface area contributed by atoms with Crippen LogP contribution in [0.1, 0.15) is 19.8 Å². The molecule has 0 saturated carbocycles. The molecular formula is C11H17N. The van der Waals surface area contributed by atoms with Gasteiger partial charge in [0.15, 0.2) is 0 Å². The molecule has 0 aromatic carbocycles. The predicted molar refractivity (Wildman–Crippen MR) is 53.9 cm³/mol. The molecule has 1 aliphatic rings. The zero-order valence-electron chi connectivity index (χ0n) is 7.84. The van der Waals surface area contributed by atoms with E-state index in [0.717, 1.165) is 13.1 Å². The molecule has 12 heavy (non-hydrogen) atoms. The molecule has 1 heterocycles. The third kappa shape index (κ3) is 1.79. The van der Waals surface area contributed by atoms with Crippen molar-refractivity contribution in [1.29, 1.82) is 0 Å². The van der Waals surface area contributed by atoms with Gasteiger partial charge in [-0.15, -0.1) is 0 Å². The summed E-state index contributed by atoms with van der Waals surface area (Å²) < 4.78 is 0. The normalized spacial score (nSPS) is 16.9. The van der Waals surface area contributed by atoms with Crippen molar-refractivity contribution in [3.63, 3.8) is 0 Å². The van der Waals surface area contributed by atoms with Gasteiger partial charge in [-0.05, 0) is 23.8 Å². The summed E-state index contributed by atoms with van der Waals surface area (Å²) in [6, 6.07) is 0. The van der Waals surface area contributed by atoms with E-state index >= 15 is 0 Å². The first-order chi connectivity index (χ1) is 5.81. The van der Waals surface area contributed by atoms with Crippen LogP contribution >= 0.6 is 0 Å². The smallest absolute Gasteiger partial charge is 0.0427 e. The van der Waals surface area contributed by atoms with Crippen LogP contribution in [-0.2, 0) is 0 Å². The topological polar surface area (TPSA) is 3.24 Å². The van der Waals surface area contributed by atoms with Crippen LogP contribution in [0.2, 0.25) is 0 Å².